The molecule has 146 valence electrons. The van der Waals surface area contributed by atoms with Crippen LogP contribution in [0.25, 0.3) is 0 Å². The van der Waals surface area contributed by atoms with E-state index in [4.69, 9.17) is 0 Å². The second-order valence-corrected chi connectivity index (χ2v) is 7.43. The van der Waals surface area contributed by atoms with Crippen LogP contribution in [0.5, 0.6) is 0 Å². The second-order valence-electron chi connectivity index (χ2n) is 7.43. The van der Waals surface area contributed by atoms with Crippen LogP contribution in [0.2, 0.25) is 0 Å². The zero-order valence-electron chi connectivity index (χ0n) is 16.5. The molecule has 1 saturated carbocycles. The van der Waals surface area contributed by atoms with Crippen molar-refractivity contribution in [2.24, 2.45) is 10.9 Å². The normalized spacial score (nSPS) is 15.2. The number of nitrogens with zero attached hydrogens (tertiary/aromatic N) is 3. The number of hydrogen-bond acceptors (Lipinski definition) is 2. The Morgan fingerprint density at radius 3 is 2.70 bits per heavy atom. The summed E-state index contributed by atoms with van der Waals surface area (Å²) in [7, 11) is 1.84. The molecule has 0 bridgehead atoms. The summed E-state index contributed by atoms with van der Waals surface area (Å²) in [6.07, 6.45) is 13.1. The van der Waals surface area contributed by atoms with Gasteiger partial charge in [0.25, 0.3) is 0 Å². The molecule has 1 fully saturated rings. The summed E-state index contributed by atoms with van der Waals surface area (Å²) in [6.45, 7) is 2.69. The van der Waals surface area contributed by atoms with Crippen molar-refractivity contribution in [2.45, 2.75) is 51.5 Å². The molecule has 0 radical (unpaired) electrons. The summed E-state index contributed by atoms with van der Waals surface area (Å²) in [5, 5.41) is 6.85. The Kier molecular flexibility index (Phi) is 7.75. The van der Waals surface area contributed by atoms with Gasteiger partial charge in [0.05, 0.1) is 0 Å². The quantitative estimate of drug-likeness (QED) is 0.404. The Balaban J connectivity index is 1.36. The third-order valence-corrected chi connectivity index (χ3v) is 5.42. The molecule has 0 amide bonds. The lowest BCUT2D eigenvalue weighted by Gasteiger charge is -2.14. The average molecular weight is 368 g/mol. The summed E-state index contributed by atoms with van der Waals surface area (Å²) in [5.74, 6) is 2.95. The van der Waals surface area contributed by atoms with Gasteiger partial charge in [-0.2, -0.15) is 0 Å². The third kappa shape index (κ3) is 6.42. The highest BCUT2D eigenvalue weighted by Crippen LogP contribution is 2.28. The number of nitrogens with one attached hydrogen (secondary N) is 2. The molecule has 5 heteroatoms. The summed E-state index contributed by atoms with van der Waals surface area (Å²) in [4.78, 5) is 8.85. The lowest BCUT2D eigenvalue weighted by molar-refractivity contribution is 0.481. The van der Waals surface area contributed by atoms with Crippen LogP contribution in [0.4, 0.5) is 0 Å². The molecule has 0 atom stereocenters. The molecule has 0 spiro atoms. The van der Waals surface area contributed by atoms with Crippen molar-refractivity contribution in [3.8, 4) is 0 Å². The highest BCUT2D eigenvalue weighted by molar-refractivity contribution is 5.79. The maximum Gasteiger partial charge on any atom is 0.190 e. The lowest BCUT2D eigenvalue weighted by Crippen LogP contribution is -2.39. The monoisotopic (exact) mass is 367 g/mol. The van der Waals surface area contributed by atoms with Gasteiger partial charge in [-0.3, -0.25) is 4.99 Å². The number of guanidine groups is 1. The van der Waals surface area contributed by atoms with Crippen molar-refractivity contribution < 1.29 is 0 Å². The number of aromatic nitrogens is 2. The highest BCUT2D eigenvalue weighted by Gasteiger charge is 2.14. The van der Waals surface area contributed by atoms with E-state index in [-0.39, 0.29) is 0 Å². The SMILES string of the molecule is CN=C(NCCCC1CCCC1)NCCc1nccn1Cc1ccccc1. The minimum atomic E-state index is 0.827. The van der Waals surface area contributed by atoms with Crippen LogP contribution in [0.1, 0.15) is 49.9 Å². The van der Waals surface area contributed by atoms with Crippen LogP contribution in [-0.4, -0.2) is 35.6 Å². The Bertz CT molecular complexity index is 686. The molecule has 1 aliphatic carbocycles. The maximum atomic E-state index is 4.52. The standard InChI is InChI=1S/C22H33N5/c1-23-22(25-14-7-12-19-8-5-6-9-19)26-15-13-21-24-16-17-27(21)18-20-10-3-2-4-11-20/h2-4,10-11,16-17,19H,5-9,12-15,18H2,1H3,(H2,23,25,26). The van der Waals surface area contributed by atoms with Crippen LogP contribution < -0.4 is 10.6 Å². The van der Waals surface area contributed by atoms with Crippen molar-refractivity contribution in [3.63, 3.8) is 0 Å². The molecule has 3 rings (SSSR count). The molecule has 0 saturated heterocycles. The number of imidazole rings is 1. The smallest absolute Gasteiger partial charge is 0.190 e. The predicted molar refractivity (Wildman–Crippen MR) is 112 cm³/mol. The van der Waals surface area contributed by atoms with Gasteiger partial charge in [-0.15, -0.1) is 0 Å². The zero-order chi connectivity index (χ0) is 18.7. The number of hydrogen-bond donors (Lipinski definition) is 2. The molecule has 2 N–H and O–H groups in total. The van der Waals surface area contributed by atoms with Gasteiger partial charge < -0.3 is 15.2 Å². The van der Waals surface area contributed by atoms with Crippen LogP contribution in [-0.2, 0) is 13.0 Å². The van der Waals surface area contributed by atoms with E-state index in [1.807, 2.05) is 13.2 Å². The minimum absolute atomic E-state index is 0.827. The van der Waals surface area contributed by atoms with E-state index >= 15 is 0 Å². The Morgan fingerprint density at radius 2 is 1.93 bits per heavy atom. The topological polar surface area (TPSA) is 54.2 Å². The fraction of sp³-hybridized carbons (Fsp3) is 0.545. The Hall–Kier alpha value is -2.30. The van der Waals surface area contributed by atoms with E-state index in [2.05, 4.69) is 61.7 Å². The van der Waals surface area contributed by atoms with Gasteiger partial charge in [-0.1, -0.05) is 56.0 Å². The van der Waals surface area contributed by atoms with E-state index in [1.54, 1.807) is 0 Å². The van der Waals surface area contributed by atoms with Gasteiger partial charge in [0, 0.05) is 45.5 Å². The molecule has 2 aromatic rings. The molecule has 1 aromatic heterocycles. The number of aliphatic imine (C=N–C) groups is 1. The van der Waals surface area contributed by atoms with Crippen molar-refractivity contribution >= 4 is 5.96 Å². The second kappa shape index (κ2) is 10.8. The first-order valence-corrected chi connectivity index (χ1v) is 10.3. The summed E-state index contributed by atoms with van der Waals surface area (Å²) >= 11 is 0. The van der Waals surface area contributed by atoms with Crippen molar-refractivity contribution in [3.05, 3.63) is 54.1 Å². The van der Waals surface area contributed by atoms with E-state index in [0.717, 1.165) is 43.8 Å². The van der Waals surface area contributed by atoms with Crippen LogP contribution in [0.15, 0.2) is 47.7 Å². The van der Waals surface area contributed by atoms with E-state index in [9.17, 15) is 0 Å². The molecule has 0 aliphatic heterocycles. The van der Waals surface area contributed by atoms with Crippen LogP contribution >= 0.6 is 0 Å². The molecule has 0 unspecified atom stereocenters. The van der Waals surface area contributed by atoms with Gasteiger partial charge in [-0.25, -0.2) is 4.98 Å². The number of benzene rings is 1. The maximum absolute atomic E-state index is 4.52. The first-order chi connectivity index (χ1) is 13.3. The minimum Gasteiger partial charge on any atom is -0.356 e. The first kappa shape index (κ1) is 19.5. The van der Waals surface area contributed by atoms with E-state index < -0.39 is 0 Å². The molecule has 27 heavy (non-hydrogen) atoms. The predicted octanol–water partition coefficient (Wildman–Crippen LogP) is 3.61. The summed E-state index contributed by atoms with van der Waals surface area (Å²) in [6, 6.07) is 10.5. The molecule has 1 aliphatic rings. The highest BCUT2D eigenvalue weighted by atomic mass is 15.2. The molecular formula is C22H33N5. The van der Waals surface area contributed by atoms with E-state index in [0.29, 0.717) is 0 Å². The fourth-order valence-electron chi connectivity index (χ4n) is 3.90. The van der Waals surface area contributed by atoms with Gasteiger partial charge in [-0.05, 0) is 24.3 Å². The average Bonchev–Trinajstić information content (AvgIpc) is 3.37. The molecule has 1 aromatic carbocycles. The van der Waals surface area contributed by atoms with Crippen molar-refractivity contribution in [1.29, 1.82) is 0 Å². The molecule has 1 heterocycles. The Morgan fingerprint density at radius 1 is 1.15 bits per heavy atom. The zero-order valence-corrected chi connectivity index (χ0v) is 16.5. The van der Waals surface area contributed by atoms with Crippen molar-refractivity contribution in [1.82, 2.24) is 20.2 Å². The van der Waals surface area contributed by atoms with Gasteiger partial charge >= 0.3 is 0 Å². The summed E-state index contributed by atoms with van der Waals surface area (Å²) in [5.41, 5.74) is 1.30. The van der Waals surface area contributed by atoms with Crippen LogP contribution in [0.3, 0.4) is 0 Å². The van der Waals surface area contributed by atoms with Gasteiger partial charge in [0.2, 0.25) is 0 Å². The summed E-state index contributed by atoms with van der Waals surface area (Å²) < 4.78 is 2.22. The third-order valence-electron chi connectivity index (χ3n) is 5.42. The van der Waals surface area contributed by atoms with Gasteiger partial charge in [0.1, 0.15) is 5.82 Å². The first-order valence-electron chi connectivity index (χ1n) is 10.3. The van der Waals surface area contributed by atoms with Crippen LogP contribution in [0, 0.1) is 5.92 Å². The molecular weight excluding hydrogens is 334 g/mol. The van der Waals surface area contributed by atoms with E-state index in [1.165, 1.54) is 44.1 Å². The Labute approximate surface area is 163 Å². The van der Waals surface area contributed by atoms with Crippen molar-refractivity contribution in [2.75, 3.05) is 20.1 Å². The molecule has 5 nitrogen and oxygen atoms in total. The fourth-order valence-corrected chi connectivity index (χ4v) is 3.90. The lowest BCUT2D eigenvalue weighted by atomic mass is 10.0. The van der Waals surface area contributed by atoms with Gasteiger partial charge in [0.15, 0.2) is 5.96 Å². The largest absolute Gasteiger partial charge is 0.356 e. The number of rotatable bonds is 9.